The fraction of sp³-hybridized carbons (Fsp3) is 0.222. The topological polar surface area (TPSA) is 20.2 Å². The SMILES string of the molecule is CCC(O)c1ccccc1-c1ccc(-c2ccc3ccc4cc(C(C)(C)C)cc5ccc2c3c45)cc1C. The van der Waals surface area contributed by atoms with Gasteiger partial charge in [0.2, 0.25) is 0 Å². The monoisotopic (exact) mass is 482 g/mol. The van der Waals surface area contributed by atoms with Crippen LogP contribution in [-0.4, -0.2) is 5.11 Å². The second-order valence-electron chi connectivity index (χ2n) is 11.5. The van der Waals surface area contributed by atoms with Crippen molar-refractivity contribution in [3.63, 3.8) is 0 Å². The average molecular weight is 483 g/mol. The summed E-state index contributed by atoms with van der Waals surface area (Å²) >= 11 is 0. The molecule has 1 unspecified atom stereocenters. The minimum Gasteiger partial charge on any atom is -0.388 e. The lowest BCUT2D eigenvalue weighted by Crippen LogP contribution is -2.10. The molecule has 37 heavy (non-hydrogen) atoms. The Bertz CT molecular complexity index is 1750. The summed E-state index contributed by atoms with van der Waals surface area (Å²) in [5, 5.41) is 18.5. The Morgan fingerprint density at radius 2 is 1.32 bits per heavy atom. The molecule has 0 amide bonds. The Hall–Kier alpha value is -3.68. The normalized spacial score (nSPS) is 13.1. The Morgan fingerprint density at radius 3 is 2.03 bits per heavy atom. The summed E-state index contributed by atoms with van der Waals surface area (Å²) in [7, 11) is 0. The van der Waals surface area contributed by atoms with Gasteiger partial charge in [-0.25, -0.2) is 0 Å². The summed E-state index contributed by atoms with van der Waals surface area (Å²) in [6.07, 6.45) is 0.250. The molecule has 0 radical (unpaired) electrons. The van der Waals surface area contributed by atoms with Gasteiger partial charge < -0.3 is 5.11 Å². The van der Waals surface area contributed by atoms with Gasteiger partial charge in [-0.05, 0) is 90.0 Å². The molecule has 184 valence electrons. The fourth-order valence-corrected chi connectivity index (χ4v) is 5.89. The van der Waals surface area contributed by atoms with Crippen molar-refractivity contribution in [2.75, 3.05) is 0 Å². The smallest absolute Gasteiger partial charge is 0.0793 e. The van der Waals surface area contributed by atoms with Gasteiger partial charge in [-0.3, -0.25) is 0 Å². The van der Waals surface area contributed by atoms with Gasteiger partial charge in [0.1, 0.15) is 0 Å². The summed E-state index contributed by atoms with van der Waals surface area (Å²) in [5.74, 6) is 0. The minimum absolute atomic E-state index is 0.112. The highest BCUT2D eigenvalue weighted by Gasteiger charge is 2.19. The summed E-state index contributed by atoms with van der Waals surface area (Å²) in [6.45, 7) is 11.1. The van der Waals surface area contributed by atoms with Crippen LogP contribution in [0.15, 0.2) is 91.0 Å². The van der Waals surface area contributed by atoms with Crippen LogP contribution in [0.25, 0.3) is 54.6 Å². The van der Waals surface area contributed by atoms with Gasteiger partial charge in [-0.2, -0.15) is 0 Å². The molecule has 0 saturated heterocycles. The highest BCUT2D eigenvalue weighted by atomic mass is 16.3. The molecule has 0 bridgehead atoms. The number of aryl methyl sites for hydroxylation is 1. The Balaban J connectivity index is 1.53. The number of rotatable bonds is 4. The van der Waals surface area contributed by atoms with Gasteiger partial charge in [0.15, 0.2) is 0 Å². The van der Waals surface area contributed by atoms with Gasteiger partial charge in [-0.15, -0.1) is 0 Å². The van der Waals surface area contributed by atoms with Crippen molar-refractivity contribution >= 4 is 32.3 Å². The van der Waals surface area contributed by atoms with E-state index in [0.29, 0.717) is 6.42 Å². The zero-order valence-electron chi connectivity index (χ0n) is 22.4. The summed E-state index contributed by atoms with van der Waals surface area (Å²) in [4.78, 5) is 0. The number of aliphatic hydroxyl groups is 1. The van der Waals surface area contributed by atoms with Crippen LogP contribution in [0.4, 0.5) is 0 Å². The second-order valence-corrected chi connectivity index (χ2v) is 11.5. The van der Waals surface area contributed by atoms with Crippen LogP contribution in [0.2, 0.25) is 0 Å². The maximum Gasteiger partial charge on any atom is 0.0793 e. The highest BCUT2D eigenvalue weighted by Crippen LogP contribution is 2.42. The lowest BCUT2D eigenvalue weighted by Gasteiger charge is -2.22. The second kappa shape index (κ2) is 8.71. The highest BCUT2D eigenvalue weighted by molar-refractivity contribution is 6.25. The lowest BCUT2D eigenvalue weighted by atomic mass is 9.82. The molecule has 1 nitrogen and oxygen atoms in total. The number of hydrogen-bond donors (Lipinski definition) is 1. The molecule has 1 N–H and O–H groups in total. The van der Waals surface area contributed by atoms with E-state index in [1.807, 2.05) is 19.1 Å². The van der Waals surface area contributed by atoms with E-state index in [0.717, 1.165) is 11.1 Å². The Morgan fingerprint density at radius 1 is 0.676 bits per heavy atom. The molecule has 6 aromatic rings. The molecule has 0 fully saturated rings. The lowest BCUT2D eigenvalue weighted by molar-refractivity contribution is 0.174. The first-order chi connectivity index (χ1) is 17.8. The van der Waals surface area contributed by atoms with Gasteiger partial charge in [0.25, 0.3) is 0 Å². The van der Waals surface area contributed by atoms with Crippen LogP contribution in [0.1, 0.15) is 56.9 Å². The first kappa shape index (κ1) is 23.7. The van der Waals surface area contributed by atoms with E-state index in [1.54, 1.807) is 0 Å². The zero-order valence-corrected chi connectivity index (χ0v) is 22.4. The third kappa shape index (κ3) is 3.90. The average Bonchev–Trinajstić information content (AvgIpc) is 2.90. The third-order valence-corrected chi connectivity index (χ3v) is 8.00. The molecule has 0 aliphatic carbocycles. The predicted octanol–water partition coefficient (Wildman–Crippen LogP) is 9.97. The molecule has 0 aromatic heterocycles. The van der Waals surface area contributed by atoms with Crippen LogP contribution in [0, 0.1) is 6.92 Å². The molecule has 0 saturated carbocycles. The van der Waals surface area contributed by atoms with Gasteiger partial charge in [0.05, 0.1) is 6.10 Å². The maximum atomic E-state index is 10.6. The van der Waals surface area contributed by atoms with Crippen molar-refractivity contribution in [1.82, 2.24) is 0 Å². The molecule has 0 aliphatic rings. The fourth-order valence-electron chi connectivity index (χ4n) is 5.89. The Kier molecular flexibility index (Phi) is 5.58. The van der Waals surface area contributed by atoms with Crippen molar-refractivity contribution < 1.29 is 5.11 Å². The maximum absolute atomic E-state index is 10.6. The molecule has 6 rings (SSSR count). The van der Waals surface area contributed by atoms with Crippen LogP contribution >= 0.6 is 0 Å². The van der Waals surface area contributed by atoms with Crippen molar-refractivity contribution in [3.8, 4) is 22.3 Å². The molecule has 6 aromatic carbocycles. The van der Waals surface area contributed by atoms with Crippen LogP contribution in [0.5, 0.6) is 0 Å². The largest absolute Gasteiger partial charge is 0.388 e. The zero-order chi connectivity index (χ0) is 25.9. The summed E-state index contributed by atoms with van der Waals surface area (Å²) in [6, 6.07) is 33.4. The number of benzene rings is 6. The number of aliphatic hydroxyl groups excluding tert-OH is 1. The Labute approximate surface area is 219 Å². The van der Waals surface area contributed by atoms with E-state index in [-0.39, 0.29) is 5.41 Å². The van der Waals surface area contributed by atoms with Crippen molar-refractivity contribution in [1.29, 1.82) is 0 Å². The minimum atomic E-state index is -0.452. The molecular formula is C36H34O. The third-order valence-electron chi connectivity index (χ3n) is 8.00. The molecule has 1 atom stereocenters. The van der Waals surface area contributed by atoms with E-state index in [1.165, 1.54) is 60.1 Å². The van der Waals surface area contributed by atoms with Crippen LogP contribution in [-0.2, 0) is 5.41 Å². The molecular weight excluding hydrogens is 448 g/mol. The van der Waals surface area contributed by atoms with E-state index < -0.39 is 6.10 Å². The standard InChI is InChI=1S/C36H34O/c1-6-33(37)31-10-8-7-9-30(31)28-16-14-24(19-22(28)2)29-17-13-23-11-12-25-20-27(36(3,4)5)21-26-15-18-32(29)35(23)34(25)26/h7-21,33,37H,6H2,1-5H3. The van der Waals surface area contributed by atoms with Gasteiger partial charge in [-0.1, -0.05) is 119 Å². The predicted molar refractivity (Wildman–Crippen MR) is 160 cm³/mol. The first-order valence-corrected chi connectivity index (χ1v) is 13.4. The van der Waals surface area contributed by atoms with Gasteiger partial charge >= 0.3 is 0 Å². The van der Waals surface area contributed by atoms with Gasteiger partial charge in [0, 0.05) is 0 Å². The van der Waals surface area contributed by atoms with Crippen molar-refractivity contribution in [3.05, 3.63) is 108 Å². The van der Waals surface area contributed by atoms with E-state index in [2.05, 4.69) is 107 Å². The summed E-state index contributed by atoms with van der Waals surface area (Å²) in [5.41, 5.74) is 8.48. The quantitative estimate of drug-likeness (QED) is 0.248. The van der Waals surface area contributed by atoms with E-state index in [9.17, 15) is 5.11 Å². The molecule has 0 spiro atoms. The first-order valence-electron chi connectivity index (χ1n) is 13.4. The van der Waals surface area contributed by atoms with E-state index in [4.69, 9.17) is 0 Å². The van der Waals surface area contributed by atoms with E-state index >= 15 is 0 Å². The van der Waals surface area contributed by atoms with Crippen molar-refractivity contribution in [2.45, 2.75) is 52.6 Å². The number of hydrogen-bond acceptors (Lipinski definition) is 1. The molecule has 0 aliphatic heterocycles. The van der Waals surface area contributed by atoms with Crippen molar-refractivity contribution in [2.24, 2.45) is 0 Å². The molecule has 0 heterocycles. The van der Waals surface area contributed by atoms with Crippen LogP contribution in [0.3, 0.4) is 0 Å². The summed E-state index contributed by atoms with van der Waals surface area (Å²) < 4.78 is 0. The molecule has 1 heteroatoms. The van der Waals surface area contributed by atoms with Crippen LogP contribution < -0.4 is 0 Å².